The molecule has 1 aromatic rings. The molecule has 1 fully saturated rings. The minimum Gasteiger partial charge on any atom is -0.317 e. The fourth-order valence-corrected chi connectivity index (χ4v) is 3.08. The third-order valence-corrected chi connectivity index (χ3v) is 4.19. The third kappa shape index (κ3) is 4.40. The molecule has 116 valence electrons. The first-order valence-corrected chi connectivity index (χ1v) is 7.87. The molecular formula is C15H22ClN3O2. The van der Waals surface area contributed by atoms with Gasteiger partial charge in [0.05, 0.1) is 4.92 Å². The summed E-state index contributed by atoms with van der Waals surface area (Å²) in [5.74, 6) is 0. The second-order valence-corrected chi connectivity index (χ2v) is 5.92. The Labute approximate surface area is 130 Å². The van der Waals surface area contributed by atoms with Crippen LogP contribution in [0.1, 0.15) is 31.7 Å². The Bertz CT molecular complexity index is 490. The molecule has 0 spiro atoms. The summed E-state index contributed by atoms with van der Waals surface area (Å²) in [4.78, 5) is 13.2. The predicted octanol–water partition coefficient (Wildman–Crippen LogP) is 3.21. The van der Waals surface area contributed by atoms with Crippen molar-refractivity contribution in [3.63, 3.8) is 0 Å². The molecule has 1 saturated heterocycles. The molecule has 1 N–H and O–H groups in total. The van der Waals surface area contributed by atoms with Gasteiger partial charge in [-0.15, -0.1) is 0 Å². The summed E-state index contributed by atoms with van der Waals surface area (Å²) in [7, 11) is 0. The number of hydrogen-bond donors (Lipinski definition) is 1. The van der Waals surface area contributed by atoms with E-state index >= 15 is 0 Å². The van der Waals surface area contributed by atoms with Crippen LogP contribution in [0.4, 0.5) is 5.69 Å². The summed E-state index contributed by atoms with van der Waals surface area (Å²) in [5, 5.41) is 15.0. The average molecular weight is 312 g/mol. The van der Waals surface area contributed by atoms with Gasteiger partial charge in [0.25, 0.3) is 5.69 Å². The van der Waals surface area contributed by atoms with Crippen molar-refractivity contribution in [2.24, 2.45) is 0 Å². The summed E-state index contributed by atoms with van der Waals surface area (Å²) >= 11 is 5.88. The van der Waals surface area contributed by atoms with E-state index in [2.05, 4.69) is 17.1 Å². The van der Waals surface area contributed by atoms with Gasteiger partial charge in [-0.1, -0.05) is 18.5 Å². The van der Waals surface area contributed by atoms with Crippen LogP contribution in [0, 0.1) is 10.1 Å². The van der Waals surface area contributed by atoms with Crippen LogP contribution in [0.2, 0.25) is 5.02 Å². The Balaban J connectivity index is 2.17. The van der Waals surface area contributed by atoms with Crippen LogP contribution in [-0.2, 0) is 6.54 Å². The molecule has 0 aliphatic carbocycles. The number of hydrogen-bond acceptors (Lipinski definition) is 4. The first kappa shape index (κ1) is 16.2. The maximum atomic E-state index is 11.2. The number of nitrogens with one attached hydrogen (secondary N) is 1. The molecule has 6 heteroatoms. The summed E-state index contributed by atoms with van der Waals surface area (Å²) < 4.78 is 0. The SMILES string of the molecule is CCCN(Cc1ccc(Cl)cc1[N+](=O)[O-])C1CCNCC1. The Hall–Kier alpha value is -1.17. The molecule has 21 heavy (non-hydrogen) atoms. The standard InChI is InChI=1S/C15H22ClN3O2/c1-2-9-18(14-5-7-17-8-6-14)11-12-3-4-13(16)10-15(12)19(20)21/h3-4,10,14,17H,2,5-9,11H2,1H3. The second-order valence-electron chi connectivity index (χ2n) is 5.48. The lowest BCUT2D eigenvalue weighted by Gasteiger charge is -2.34. The molecule has 0 saturated carbocycles. The third-order valence-electron chi connectivity index (χ3n) is 3.95. The first-order valence-electron chi connectivity index (χ1n) is 7.49. The Morgan fingerprint density at radius 2 is 2.14 bits per heavy atom. The van der Waals surface area contributed by atoms with E-state index in [1.165, 1.54) is 6.07 Å². The Morgan fingerprint density at radius 1 is 1.43 bits per heavy atom. The molecule has 1 aliphatic heterocycles. The normalized spacial score (nSPS) is 16.3. The van der Waals surface area contributed by atoms with Gasteiger partial charge in [0.15, 0.2) is 0 Å². The van der Waals surface area contributed by atoms with Gasteiger partial charge in [0.2, 0.25) is 0 Å². The van der Waals surface area contributed by atoms with Crippen molar-refractivity contribution in [2.45, 2.75) is 38.8 Å². The van der Waals surface area contributed by atoms with Crippen LogP contribution < -0.4 is 5.32 Å². The van der Waals surface area contributed by atoms with E-state index in [0.717, 1.165) is 44.5 Å². The van der Waals surface area contributed by atoms with Crippen molar-refractivity contribution in [3.05, 3.63) is 38.9 Å². The van der Waals surface area contributed by atoms with Gasteiger partial charge in [-0.3, -0.25) is 15.0 Å². The van der Waals surface area contributed by atoms with Gasteiger partial charge in [-0.25, -0.2) is 0 Å². The molecule has 0 amide bonds. The van der Waals surface area contributed by atoms with Crippen molar-refractivity contribution in [2.75, 3.05) is 19.6 Å². The molecule has 0 bridgehead atoms. The molecular weight excluding hydrogens is 290 g/mol. The maximum absolute atomic E-state index is 11.2. The van der Waals surface area contributed by atoms with Gasteiger partial charge in [-0.05, 0) is 51.0 Å². The molecule has 0 atom stereocenters. The molecule has 0 unspecified atom stereocenters. The highest BCUT2D eigenvalue weighted by Crippen LogP contribution is 2.26. The van der Waals surface area contributed by atoms with E-state index in [-0.39, 0.29) is 10.6 Å². The Morgan fingerprint density at radius 3 is 2.76 bits per heavy atom. The highest BCUT2D eigenvalue weighted by Gasteiger charge is 2.23. The average Bonchev–Trinajstić information content (AvgIpc) is 2.49. The van der Waals surface area contributed by atoms with Crippen molar-refractivity contribution < 1.29 is 4.92 Å². The smallest absolute Gasteiger partial charge is 0.275 e. The van der Waals surface area contributed by atoms with E-state index < -0.39 is 0 Å². The lowest BCUT2D eigenvalue weighted by molar-refractivity contribution is -0.385. The largest absolute Gasteiger partial charge is 0.317 e. The topological polar surface area (TPSA) is 58.4 Å². The highest BCUT2D eigenvalue weighted by atomic mass is 35.5. The summed E-state index contributed by atoms with van der Waals surface area (Å²) in [5.41, 5.74) is 0.869. The van der Waals surface area contributed by atoms with Gasteiger partial charge in [-0.2, -0.15) is 0 Å². The molecule has 0 radical (unpaired) electrons. The zero-order chi connectivity index (χ0) is 15.2. The van der Waals surface area contributed by atoms with Crippen molar-refractivity contribution in [3.8, 4) is 0 Å². The number of benzene rings is 1. The van der Waals surface area contributed by atoms with Crippen molar-refractivity contribution in [1.82, 2.24) is 10.2 Å². The van der Waals surface area contributed by atoms with E-state index in [9.17, 15) is 10.1 Å². The van der Waals surface area contributed by atoms with Crippen molar-refractivity contribution in [1.29, 1.82) is 0 Å². The zero-order valence-electron chi connectivity index (χ0n) is 12.3. The summed E-state index contributed by atoms with van der Waals surface area (Å²) in [6, 6.07) is 5.46. The monoisotopic (exact) mass is 311 g/mol. The number of rotatable bonds is 6. The molecule has 1 aliphatic rings. The minimum absolute atomic E-state index is 0.123. The van der Waals surface area contributed by atoms with Gasteiger partial charge in [0, 0.05) is 29.2 Å². The molecule has 2 rings (SSSR count). The summed E-state index contributed by atoms with van der Waals surface area (Å²) in [6.07, 6.45) is 3.24. The molecule has 5 nitrogen and oxygen atoms in total. The van der Waals surface area contributed by atoms with Gasteiger partial charge in [0.1, 0.15) is 0 Å². The number of nitro groups is 1. The quantitative estimate of drug-likeness (QED) is 0.647. The van der Waals surface area contributed by atoms with Crippen LogP contribution >= 0.6 is 11.6 Å². The van der Waals surface area contributed by atoms with Crippen LogP contribution in [0.5, 0.6) is 0 Å². The van der Waals surface area contributed by atoms with E-state index in [1.807, 2.05) is 0 Å². The van der Waals surface area contributed by atoms with E-state index in [1.54, 1.807) is 12.1 Å². The van der Waals surface area contributed by atoms with E-state index in [0.29, 0.717) is 17.6 Å². The fraction of sp³-hybridized carbons (Fsp3) is 0.600. The highest BCUT2D eigenvalue weighted by molar-refractivity contribution is 6.30. The number of halogens is 1. The van der Waals surface area contributed by atoms with Crippen LogP contribution in [0.15, 0.2) is 18.2 Å². The number of nitrogens with zero attached hydrogens (tertiary/aromatic N) is 2. The zero-order valence-corrected chi connectivity index (χ0v) is 13.1. The lowest BCUT2D eigenvalue weighted by atomic mass is 10.0. The maximum Gasteiger partial charge on any atom is 0.275 e. The van der Waals surface area contributed by atoms with Crippen LogP contribution in [0.25, 0.3) is 0 Å². The van der Waals surface area contributed by atoms with Gasteiger partial charge >= 0.3 is 0 Å². The Kier molecular flexibility index (Phi) is 5.96. The minimum atomic E-state index is -0.340. The number of nitro benzene ring substituents is 1. The summed E-state index contributed by atoms with van der Waals surface area (Å²) in [6.45, 7) is 5.77. The molecule has 1 heterocycles. The number of piperidine rings is 1. The molecule has 1 aromatic carbocycles. The second kappa shape index (κ2) is 7.73. The van der Waals surface area contributed by atoms with Crippen LogP contribution in [0.3, 0.4) is 0 Å². The molecule has 0 aromatic heterocycles. The predicted molar refractivity (Wildman–Crippen MR) is 84.7 cm³/mol. The lowest BCUT2D eigenvalue weighted by Crippen LogP contribution is -2.43. The van der Waals surface area contributed by atoms with Crippen LogP contribution in [-0.4, -0.2) is 35.5 Å². The van der Waals surface area contributed by atoms with Crippen molar-refractivity contribution >= 4 is 17.3 Å². The van der Waals surface area contributed by atoms with Gasteiger partial charge < -0.3 is 5.32 Å². The first-order chi connectivity index (χ1) is 10.1. The fourth-order valence-electron chi connectivity index (χ4n) is 2.91. The van der Waals surface area contributed by atoms with E-state index in [4.69, 9.17) is 11.6 Å².